The molecule has 0 heterocycles. The van der Waals surface area contributed by atoms with Crippen molar-refractivity contribution in [2.45, 2.75) is 6.92 Å². The number of rotatable bonds is 6. The first-order chi connectivity index (χ1) is 14.0. The van der Waals surface area contributed by atoms with Crippen molar-refractivity contribution in [1.82, 2.24) is 0 Å². The van der Waals surface area contributed by atoms with Crippen molar-refractivity contribution in [3.8, 4) is 23.0 Å². The molecule has 5 nitrogen and oxygen atoms in total. The molecule has 0 fully saturated rings. The minimum absolute atomic E-state index is 0.110. The molecule has 0 atom stereocenters. The predicted octanol–water partition coefficient (Wildman–Crippen LogP) is 6.50. The van der Waals surface area contributed by atoms with Gasteiger partial charge < -0.3 is 18.7 Å². The van der Waals surface area contributed by atoms with Gasteiger partial charge in [-0.15, -0.1) is 0 Å². The Morgan fingerprint density at radius 1 is 0.690 bits per heavy atom. The van der Waals surface area contributed by atoms with Gasteiger partial charge in [-0.2, -0.15) is 4.57 Å². The summed E-state index contributed by atoms with van der Waals surface area (Å²) < 4.78 is 30.7. The highest BCUT2D eigenvalue weighted by Crippen LogP contribution is 2.51. The number of aromatic hydroxyl groups is 1. The Hall–Kier alpha value is -3.43. The number of hydrogen-bond acceptors (Lipinski definition) is 5. The first kappa shape index (κ1) is 18.9. The number of phenolic OH excluding ortho intramolecular Hbond substituents is 1. The minimum atomic E-state index is -4.10. The molecule has 0 aliphatic carbocycles. The lowest BCUT2D eigenvalue weighted by atomic mass is 10.1. The molecule has 0 saturated carbocycles. The highest BCUT2D eigenvalue weighted by molar-refractivity contribution is 7.49. The van der Waals surface area contributed by atoms with Crippen LogP contribution in [-0.4, -0.2) is 5.11 Å². The fourth-order valence-corrected chi connectivity index (χ4v) is 4.17. The first-order valence-corrected chi connectivity index (χ1v) is 10.5. The van der Waals surface area contributed by atoms with E-state index in [0.717, 1.165) is 5.56 Å². The molecule has 1 N–H and O–H groups in total. The van der Waals surface area contributed by atoms with Gasteiger partial charge in [0.15, 0.2) is 0 Å². The maximum absolute atomic E-state index is 13.6. The van der Waals surface area contributed by atoms with Gasteiger partial charge in [-0.3, -0.25) is 0 Å². The average Bonchev–Trinajstić information content (AvgIpc) is 2.71. The molecule has 0 amide bonds. The Morgan fingerprint density at radius 2 is 1.28 bits per heavy atom. The van der Waals surface area contributed by atoms with Gasteiger partial charge in [-0.1, -0.05) is 54.1 Å². The molecule has 29 heavy (non-hydrogen) atoms. The van der Waals surface area contributed by atoms with E-state index in [1.165, 1.54) is 6.07 Å². The van der Waals surface area contributed by atoms with Gasteiger partial charge in [0.1, 0.15) is 23.0 Å². The molecule has 6 heteroatoms. The summed E-state index contributed by atoms with van der Waals surface area (Å²) in [6.07, 6.45) is 0. The average molecular weight is 406 g/mol. The number of aryl methyl sites for hydroxylation is 1. The Morgan fingerprint density at radius 3 is 1.86 bits per heavy atom. The number of phosphoric acid groups is 1. The lowest BCUT2D eigenvalue weighted by molar-refractivity contribution is 0.299. The van der Waals surface area contributed by atoms with Crippen LogP contribution in [0.5, 0.6) is 23.0 Å². The summed E-state index contributed by atoms with van der Waals surface area (Å²) in [6, 6.07) is 25.9. The van der Waals surface area contributed by atoms with E-state index in [0.29, 0.717) is 22.3 Å². The van der Waals surface area contributed by atoms with Gasteiger partial charge in [-0.25, -0.2) is 0 Å². The van der Waals surface area contributed by atoms with E-state index in [1.54, 1.807) is 60.7 Å². The summed E-state index contributed by atoms with van der Waals surface area (Å²) >= 11 is 0. The van der Waals surface area contributed by atoms with Crippen molar-refractivity contribution >= 4 is 18.6 Å². The largest absolute Gasteiger partial charge is 0.647 e. The molecule has 0 aromatic heterocycles. The van der Waals surface area contributed by atoms with Crippen LogP contribution >= 0.6 is 7.82 Å². The van der Waals surface area contributed by atoms with Crippen LogP contribution in [0, 0.1) is 6.92 Å². The second-order valence-electron chi connectivity index (χ2n) is 6.48. The quantitative estimate of drug-likeness (QED) is 0.370. The maximum atomic E-state index is 13.6. The summed E-state index contributed by atoms with van der Waals surface area (Å²) in [5, 5.41) is 11.4. The van der Waals surface area contributed by atoms with E-state index < -0.39 is 7.82 Å². The van der Waals surface area contributed by atoms with Crippen LogP contribution < -0.4 is 13.6 Å². The molecular formula is C23H19O5P. The van der Waals surface area contributed by atoms with E-state index in [-0.39, 0.29) is 11.5 Å². The molecule has 0 aliphatic rings. The van der Waals surface area contributed by atoms with E-state index in [2.05, 4.69) is 0 Å². The van der Waals surface area contributed by atoms with Crippen LogP contribution in [0.25, 0.3) is 10.8 Å². The van der Waals surface area contributed by atoms with Gasteiger partial charge in [0, 0.05) is 10.8 Å². The lowest BCUT2D eigenvalue weighted by Crippen LogP contribution is -2.07. The zero-order chi connectivity index (χ0) is 20.3. The second kappa shape index (κ2) is 7.90. The third-order valence-corrected chi connectivity index (χ3v) is 5.53. The molecule has 146 valence electrons. The van der Waals surface area contributed by atoms with E-state index in [1.807, 2.05) is 31.2 Å². The molecule has 0 radical (unpaired) electrons. The SMILES string of the molecule is Cc1ccc2c(OP(=O)(Oc3ccccc3)Oc3ccccc3)ccc(O)c2c1. The summed E-state index contributed by atoms with van der Waals surface area (Å²) in [5.74, 6) is 1.10. The molecule has 0 unspecified atom stereocenters. The summed E-state index contributed by atoms with van der Waals surface area (Å²) in [4.78, 5) is 0. The Labute approximate surface area is 168 Å². The van der Waals surface area contributed by atoms with Crippen LogP contribution in [0.2, 0.25) is 0 Å². The first-order valence-electron chi connectivity index (χ1n) is 9.04. The van der Waals surface area contributed by atoms with Crippen LogP contribution in [-0.2, 0) is 4.57 Å². The number of hydrogen-bond donors (Lipinski definition) is 1. The Kier molecular flexibility index (Phi) is 5.15. The molecule has 0 saturated heterocycles. The number of phenols is 1. The minimum Gasteiger partial charge on any atom is -0.507 e. The van der Waals surface area contributed by atoms with Gasteiger partial charge in [0.2, 0.25) is 0 Å². The molecule has 4 rings (SSSR count). The van der Waals surface area contributed by atoms with Crippen LogP contribution in [0.1, 0.15) is 5.56 Å². The van der Waals surface area contributed by atoms with Crippen molar-refractivity contribution in [1.29, 1.82) is 0 Å². The van der Waals surface area contributed by atoms with Gasteiger partial charge >= 0.3 is 7.82 Å². The maximum Gasteiger partial charge on any atom is 0.647 e. The molecule has 4 aromatic carbocycles. The zero-order valence-electron chi connectivity index (χ0n) is 15.7. The van der Waals surface area contributed by atoms with Crippen molar-refractivity contribution in [2.24, 2.45) is 0 Å². The number of benzene rings is 4. The monoisotopic (exact) mass is 406 g/mol. The van der Waals surface area contributed by atoms with Crippen molar-refractivity contribution in [3.05, 3.63) is 96.6 Å². The fraction of sp³-hybridized carbons (Fsp3) is 0.0435. The topological polar surface area (TPSA) is 65.0 Å². The van der Waals surface area contributed by atoms with Crippen molar-refractivity contribution < 1.29 is 23.2 Å². The summed E-state index contributed by atoms with van der Waals surface area (Å²) in [5.41, 5.74) is 0.981. The Bertz CT molecular complexity index is 1130. The molecule has 0 aliphatic heterocycles. The fourth-order valence-electron chi connectivity index (χ4n) is 2.90. The van der Waals surface area contributed by atoms with E-state index in [9.17, 15) is 9.67 Å². The highest BCUT2D eigenvalue weighted by atomic mass is 31.2. The van der Waals surface area contributed by atoms with Crippen molar-refractivity contribution in [2.75, 3.05) is 0 Å². The van der Waals surface area contributed by atoms with Crippen LogP contribution in [0.3, 0.4) is 0 Å². The second-order valence-corrected chi connectivity index (χ2v) is 7.92. The predicted molar refractivity (Wildman–Crippen MR) is 113 cm³/mol. The van der Waals surface area contributed by atoms with Crippen molar-refractivity contribution in [3.63, 3.8) is 0 Å². The molecule has 0 bridgehead atoms. The zero-order valence-corrected chi connectivity index (χ0v) is 16.6. The van der Waals surface area contributed by atoms with Crippen LogP contribution in [0.4, 0.5) is 0 Å². The number of fused-ring (bicyclic) bond motifs is 1. The standard InChI is InChI=1S/C23H19O5P/c1-17-12-13-20-21(16-17)22(24)14-15-23(20)28-29(25,26-18-8-4-2-5-9-18)27-19-10-6-3-7-11-19/h2-16,24H,1H3. The highest BCUT2D eigenvalue weighted by Gasteiger charge is 2.34. The number of para-hydroxylation sites is 2. The molecule has 4 aromatic rings. The van der Waals surface area contributed by atoms with Crippen LogP contribution in [0.15, 0.2) is 91.0 Å². The summed E-state index contributed by atoms with van der Waals surface area (Å²) in [7, 11) is -4.10. The van der Waals surface area contributed by atoms with Gasteiger partial charge in [0.25, 0.3) is 0 Å². The van der Waals surface area contributed by atoms with Gasteiger partial charge in [0.05, 0.1) is 0 Å². The van der Waals surface area contributed by atoms with E-state index >= 15 is 0 Å². The third-order valence-electron chi connectivity index (χ3n) is 4.24. The smallest absolute Gasteiger partial charge is 0.507 e. The van der Waals surface area contributed by atoms with Gasteiger partial charge in [-0.05, 0) is 49.4 Å². The Balaban J connectivity index is 1.75. The number of phosphoric ester groups is 1. The molecule has 0 spiro atoms. The molecular weight excluding hydrogens is 387 g/mol. The van der Waals surface area contributed by atoms with E-state index in [4.69, 9.17) is 13.6 Å². The lowest BCUT2D eigenvalue weighted by Gasteiger charge is -2.20. The normalized spacial score (nSPS) is 11.2. The third kappa shape index (κ3) is 4.36. The summed E-state index contributed by atoms with van der Waals surface area (Å²) in [6.45, 7) is 1.92.